The van der Waals surface area contributed by atoms with Gasteiger partial charge in [0, 0.05) is 23.6 Å². The van der Waals surface area contributed by atoms with Crippen LogP contribution in [0.3, 0.4) is 0 Å². The van der Waals surface area contributed by atoms with E-state index in [4.69, 9.17) is 18.9 Å². The molecule has 1 saturated heterocycles. The molecule has 0 spiro atoms. The van der Waals surface area contributed by atoms with Crippen molar-refractivity contribution in [1.82, 2.24) is 5.32 Å². The molecule has 0 unspecified atom stereocenters. The number of aryl methyl sites for hydroxylation is 1. The topological polar surface area (TPSA) is 95.1 Å². The van der Waals surface area contributed by atoms with Gasteiger partial charge in [-0.05, 0) is 56.2 Å². The first kappa shape index (κ1) is 23.4. The quantitative estimate of drug-likeness (QED) is 0.604. The molecule has 178 valence electrons. The van der Waals surface area contributed by atoms with E-state index in [-0.39, 0.29) is 17.9 Å². The van der Waals surface area contributed by atoms with Gasteiger partial charge in [0.1, 0.15) is 5.00 Å². The zero-order chi connectivity index (χ0) is 23.4. The Hall–Kier alpha value is -2.78. The summed E-state index contributed by atoms with van der Waals surface area (Å²) in [5.41, 5.74) is 1.98. The Morgan fingerprint density at radius 1 is 1.03 bits per heavy atom. The van der Waals surface area contributed by atoms with Crippen molar-refractivity contribution in [2.75, 3.05) is 39.8 Å². The standard InChI is InChI=1S/C24H30N2O6S/c1-29-17-11-14(12-18(30-2)21(17)31-3)22(27)26-24-20(16-8-4-5-9-19(16)33-24)23(28)25-13-15-7-6-10-32-15/h11-12,15H,4-10,13H2,1-3H3,(H,25,28)(H,26,27)/t15-/m0/s1. The summed E-state index contributed by atoms with van der Waals surface area (Å²) in [5.74, 6) is 0.687. The summed E-state index contributed by atoms with van der Waals surface area (Å²) in [6, 6.07) is 3.20. The minimum atomic E-state index is -0.346. The van der Waals surface area contributed by atoms with Gasteiger partial charge in [-0.2, -0.15) is 0 Å². The molecule has 0 radical (unpaired) electrons. The second-order valence-corrected chi connectivity index (χ2v) is 9.23. The summed E-state index contributed by atoms with van der Waals surface area (Å²) in [6.45, 7) is 1.22. The first-order valence-electron chi connectivity index (χ1n) is 11.2. The van der Waals surface area contributed by atoms with Gasteiger partial charge in [-0.1, -0.05) is 0 Å². The van der Waals surface area contributed by atoms with Crippen LogP contribution in [0, 0.1) is 0 Å². The van der Waals surface area contributed by atoms with E-state index in [1.807, 2.05) is 0 Å². The highest BCUT2D eigenvalue weighted by atomic mass is 32.1. The summed E-state index contributed by atoms with van der Waals surface area (Å²) < 4.78 is 21.7. The smallest absolute Gasteiger partial charge is 0.256 e. The van der Waals surface area contributed by atoms with E-state index in [2.05, 4.69) is 10.6 Å². The Morgan fingerprint density at radius 2 is 1.76 bits per heavy atom. The van der Waals surface area contributed by atoms with E-state index in [1.54, 1.807) is 12.1 Å². The van der Waals surface area contributed by atoms with Crippen LogP contribution in [0.5, 0.6) is 17.2 Å². The van der Waals surface area contributed by atoms with E-state index in [0.29, 0.717) is 39.9 Å². The Morgan fingerprint density at radius 3 is 2.39 bits per heavy atom. The lowest BCUT2D eigenvalue weighted by atomic mass is 9.95. The number of rotatable bonds is 8. The third kappa shape index (κ3) is 4.94. The summed E-state index contributed by atoms with van der Waals surface area (Å²) in [7, 11) is 4.52. The zero-order valence-corrected chi connectivity index (χ0v) is 20.1. The number of thiophene rings is 1. The Kier molecular flexibility index (Phi) is 7.39. The van der Waals surface area contributed by atoms with Crippen molar-refractivity contribution in [2.24, 2.45) is 0 Å². The maximum atomic E-state index is 13.2. The summed E-state index contributed by atoms with van der Waals surface area (Å²) in [6.07, 6.45) is 5.92. The fourth-order valence-corrected chi connectivity index (χ4v) is 5.66. The van der Waals surface area contributed by atoms with Crippen molar-refractivity contribution in [3.8, 4) is 17.2 Å². The molecule has 4 rings (SSSR count). The van der Waals surface area contributed by atoms with Crippen molar-refractivity contribution in [2.45, 2.75) is 44.6 Å². The van der Waals surface area contributed by atoms with Crippen molar-refractivity contribution < 1.29 is 28.5 Å². The highest BCUT2D eigenvalue weighted by Crippen LogP contribution is 2.40. The second-order valence-electron chi connectivity index (χ2n) is 8.13. The number of fused-ring (bicyclic) bond motifs is 1. The highest BCUT2D eigenvalue weighted by molar-refractivity contribution is 7.17. The number of methoxy groups -OCH3 is 3. The molecule has 33 heavy (non-hydrogen) atoms. The Balaban J connectivity index is 1.60. The van der Waals surface area contributed by atoms with Crippen LogP contribution in [0.15, 0.2) is 12.1 Å². The lowest BCUT2D eigenvalue weighted by Crippen LogP contribution is -2.32. The van der Waals surface area contributed by atoms with Crippen LogP contribution in [-0.2, 0) is 17.6 Å². The van der Waals surface area contributed by atoms with E-state index in [9.17, 15) is 9.59 Å². The van der Waals surface area contributed by atoms with Crippen molar-refractivity contribution in [3.05, 3.63) is 33.7 Å². The normalized spacial score (nSPS) is 17.2. The number of carbonyl (C=O) groups is 2. The van der Waals surface area contributed by atoms with E-state index in [0.717, 1.165) is 50.7 Å². The van der Waals surface area contributed by atoms with E-state index >= 15 is 0 Å². The first-order chi connectivity index (χ1) is 16.0. The van der Waals surface area contributed by atoms with Crippen LogP contribution in [-0.4, -0.2) is 52.4 Å². The monoisotopic (exact) mass is 474 g/mol. The molecule has 1 aromatic carbocycles. The molecule has 9 heteroatoms. The number of nitrogens with one attached hydrogen (secondary N) is 2. The van der Waals surface area contributed by atoms with E-state index in [1.165, 1.54) is 37.5 Å². The molecule has 1 aliphatic carbocycles. The molecule has 2 heterocycles. The zero-order valence-electron chi connectivity index (χ0n) is 19.2. The van der Waals surface area contributed by atoms with Gasteiger partial charge >= 0.3 is 0 Å². The summed E-state index contributed by atoms with van der Waals surface area (Å²) in [5, 5.41) is 6.56. The number of benzene rings is 1. The van der Waals surface area contributed by atoms with Gasteiger partial charge in [0.05, 0.1) is 33.0 Å². The van der Waals surface area contributed by atoms with Gasteiger partial charge in [-0.3, -0.25) is 9.59 Å². The van der Waals surface area contributed by atoms with Gasteiger partial charge in [0.15, 0.2) is 11.5 Å². The van der Waals surface area contributed by atoms with E-state index < -0.39 is 0 Å². The number of anilines is 1. The molecule has 2 amide bonds. The molecule has 1 aromatic heterocycles. The van der Waals surface area contributed by atoms with Gasteiger partial charge in [0.2, 0.25) is 5.75 Å². The fourth-order valence-electron chi connectivity index (χ4n) is 4.38. The summed E-state index contributed by atoms with van der Waals surface area (Å²) >= 11 is 1.49. The molecule has 1 atom stereocenters. The van der Waals surface area contributed by atoms with Crippen LogP contribution in [0.2, 0.25) is 0 Å². The molecule has 0 saturated carbocycles. The maximum Gasteiger partial charge on any atom is 0.256 e. The number of hydrogen-bond donors (Lipinski definition) is 2. The molecule has 2 aromatic rings. The molecule has 2 aliphatic rings. The summed E-state index contributed by atoms with van der Waals surface area (Å²) in [4.78, 5) is 27.6. The van der Waals surface area contributed by atoms with Crippen molar-refractivity contribution in [1.29, 1.82) is 0 Å². The number of ether oxygens (including phenoxy) is 4. The Bertz CT molecular complexity index is 1000. The molecule has 0 bridgehead atoms. The average molecular weight is 475 g/mol. The predicted octanol–water partition coefficient (Wildman–Crippen LogP) is 3.81. The van der Waals surface area contributed by atoms with Crippen molar-refractivity contribution >= 4 is 28.2 Å². The van der Waals surface area contributed by atoms with Gasteiger partial charge in [-0.15, -0.1) is 11.3 Å². The van der Waals surface area contributed by atoms with Crippen molar-refractivity contribution in [3.63, 3.8) is 0 Å². The van der Waals surface area contributed by atoms with Crippen LogP contribution >= 0.6 is 11.3 Å². The number of hydrogen-bond acceptors (Lipinski definition) is 7. The van der Waals surface area contributed by atoms with Crippen LogP contribution < -0.4 is 24.8 Å². The fraction of sp³-hybridized carbons (Fsp3) is 0.500. The average Bonchev–Trinajstić information content (AvgIpc) is 3.49. The largest absolute Gasteiger partial charge is 0.493 e. The molecule has 8 nitrogen and oxygen atoms in total. The maximum absolute atomic E-state index is 13.2. The van der Waals surface area contributed by atoms with Crippen LogP contribution in [0.25, 0.3) is 0 Å². The third-order valence-corrected chi connectivity index (χ3v) is 7.27. The minimum Gasteiger partial charge on any atom is -0.493 e. The van der Waals surface area contributed by atoms with Gasteiger partial charge in [-0.25, -0.2) is 0 Å². The van der Waals surface area contributed by atoms with Crippen LogP contribution in [0.1, 0.15) is 56.8 Å². The lowest BCUT2D eigenvalue weighted by molar-refractivity contribution is 0.0858. The third-order valence-electron chi connectivity index (χ3n) is 6.07. The lowest BCUT2D eigenvalue weighted by Gasteiger charge is -2.15. The first-order valence-corrected chi connectivity index (χ1v) is 12.0. The number of amides is 2. The molecule has 1 fully saturated rings. The highest BCUT2D eigenvalue weighted by Gasteiger charge is 2.28. The molecular formula is C24H30N2O6S. The van der Waals surface area contributed by atoms with Crippen LogP contribution in [0.4, 0.5) is 5.00 Å². The Labute approximate surface area is 197 Å². The van der Waals surface area contributed by atoms with Gasteiger partial charge < -0.3 is 29.6 Å². The molecular weight excluding hydrogens is 444 g/mol. The number of carbonyl (C=O) groups excluding carboxylic acids is 2. The molecule has 2 N–H and O–H groups in total. The van der Waals surface area contributed by atoms with Gasteiger partial charge in [0.25, 0.3) is 11.8 Å². The predicted molar refractivity (Wildman–Crippen MR) is 126 cm³/mol. The second kappa shape index (κ2) is 10.4. The SMILES string of the molecule is COc1cc(C(=O)Nc2sc3c(c2C(=O)NC[C@@H]2CCCO2)CCCC3)cc(OC)c1OC. The minimum absolute atomic E-state index is 0.0562. The molecule has 1 aliphatic heterocycles.